The van der Waals surface area contributed by atoms with Gasteiger partial charge in [-0.25, -0.2) is 4.39 Å². The lowest BCUT2D eigenvalue weighted by molar-refractivity contribution is 0.190. The van der Waals surface area contributed by atoms with Crippen LogP contribution in [0.1, 0.15) is 24.2 Å². The molecule has 0 amide bonds. The molecule has 2 aromatic carbocycles. The van der Waals surface area contributed by atoms with Gasteiger partial charge in [0.15, 0.2) is 0 Å². The number of benzene rings is 2. The fraction of sp³-hybridized carbons (Fsp3) is 0.200. The number of ether oxygens (including phenoxy) is 1. The van der Waals surface area contributed by atoms with E-state index in [0.717, 1.165) is 4.47 Å². The zero-order valence-corrected chi connectivity index (χ0v) is 13.1. The van der Waals surface area contributed by atoms with E-state index >= 15 is 0 Å². The molecule has 106 valence electrons. The smallest absolute Gasteiger partial charge is 0.131 e. The van der Waals surface area contributed by atoms with Gasteiger partial charge in [0.25, 0.3) is 0 Å². The quantitative estimate of drug-likeness (QED) is 0.843. The molecule has 0 saturated heterocycles. The molecule has 0 saturated carbocycles. The van der Waals surface area contributed by atoms with E-state index in [1.54, 1.807) is 31.2 Å². The Morgan fingerprint density at radius 3 is 2.75 bits per heavy atom. The van der Waals surface area contributed by atoms with E-state index in [1.807, 2.05) is 6.07 Å². The van der Waals surface area contributed by atoms with Crippen LogP contribution in [0.25, 0.3) is 0 Å². The molecule has 1 N–H and O–H groups in total. The van der Waals surface area contributed by atoms with Crippen LogP contribution in [0.4, 0.5) is 4.39 Å². The second-order valence-electron chi connectivity index (χ2n) is 4.35. The van der Waals surface area contributed by atoms with E-state index < -0.39 is 11.9 Å². The van der Waals surface area contributed by atoms with Gasteiger partial charge in [0.1, 0.15) is 18.2 Å². The number of hydrogen-bond donors (Lipinski definition) is 1. The van der Waals surface area contributed by atoms with Gasteiger partial charge in [0.2, 0.25) is 0 Å². The van der Waals surface area contributed by atoms with Crippen molar-refractivity contribution in [3.8, 4) is 5.75 Å². The zero-order chi connectivity index (χ0) is 14.7. The van der Waals surface area contributed by atoms with Crippen LogP contribution in [0, 0.1) is 5.82 Å². The van der Waals surface area contributed by atoms with Crippen molar-refractivity contribution >= 4 is 27.5 Å². The Morgan fingerprint density at radius 2 is 2.10 bits per heavy atom. The maximum absolute atomic E-state index is 13.7. The Morgan fingerprint density at radius 1 is 1.35 bits per heavy atom. The Balaban J connectivity index is 2.25. The molecule has 0 aliphatic rings. The second-order valence-corrected chi connectivity index (χ2v) is 5.67. The Hall–Kier alpha value is -1.10. The topological polar surface area (TPSA) is 29.5 Å². The summed E-state index contributed by atoms with van der Waals surface area (Å²) >= 11 is 9.29. The molecule has 0 aromatic heterocycles. The normalized spacial score (nSPS) is 12.2. The van der Waals surface area contributed by atoms with Crippen LogP contribution in [0.3, 0.4) is 0 Å². The summed E-state index contributed by atoms with van der Waals surface area (Å²) in [6.45, 7) is 1.65. The van der Waals surface area contributed by atoms with E-state index in [-0.39, 0.29) is 6.61 Å². The number of aliphatic hydroxyl groups excluding tert-OH is 1. The van der Waals surface area contributed by atoms with Crippen LogP contribution in [-0.2, 0) is 6.61 Å². The van der Waals surface area contributed by atoms with Crippen LogP contribution in [0.2, 0.25) is 5.02 Å². The summed E-state index contributed by atoms with van der Waals surface area (Å²) in [6.07, 6.45) is -0.672. The van der Waals surface area contributed by atoms with Crippen molar-refractivity contribution in [2.45, 2.75) is 19.6 Å². The first kappa shape index (κ1) is 15.3. The molecule has 0 aliphatic carbocycles. The lowest BCUT2D eigenvalue weighted by Crippen LogP contribution is -2.03. The molecule has 0 unspecified atom stereocenters. The standard InChI is InChI=1S/C15H13BrClFO2/c1-9(19)11-6-5-10(16)7-15(11)20-8-12-13(17)3-2-4-14(12)18/h2-7,9,19H,8H2,1H3/t9-/m0/s1. The zero-order valence-electron chi connectivity index (χ0n) is 10.7. The summed E-state index contributed by atoms with van der Waals surface area (Å²) in [6, 6.07) is 9.79. The van der Waals surface area contributed by atoms with Crippen molar-refractivity contribution in [3.05, 3.63) is 62.8 Å². The number of halogens is 3. The van der Waals surface area contributed by atoms with Crippen molar-refractivity contribution in [2.24, 2.45) is 0 Å². The molecule has 0 heterocycles. The lowest BCUT2D eigenvalue weighted by Gasteiger charge is -2.14. The first-order valence-electron chi connectivity index (χ1n) is 6.02. The Bertz CT molecular complexity index is 597. The summed E-state index contributed by atoms with van der Waals surface area (Å²) in [5, 5.41) is 10.0. The third-order valence-electron chi connectivity index (χ3n) is 2.86. The molecule has 2 rings (SSSR count). The highest BCUT2D eigenvalue weighted by Crippen LogP contribution is 2.30. The summed E-state index contributed by atoms with van der Waals surface area (Å²) in [7, 11) is 0. The van der Waals surface area contributed by atoms with Crippen molar-refractivity contribution in [3.63, 3.8) is 0 Å². The lowest BCUT2D eigenvalue weighted by atomic mass is 10.1. The predicted molar refractivity (Wildman–Crippen MR) is 80.5 cm³/mol. The minimum atomic E-state index is -0.672. The van der Waals surface area contributed by atoms with Crippen LogP contribution >= 0.6 is 27.5 Å². The Labute approximate surface area is 130 Å². The molecule has 0 radical (unpaired) electrons. The number of rotatable bonds is 4. The van der Waals surface area contributed by atoms with Gasteiger partial charge in [-0.3, -0.25) is 0 Å². The van der Waals surface area contributed by atoms with Crippen LogP contribution < -0.4 is 4.74 Å². The molecule has 2 nitrogen and oxygen atoms in total. The molecular weight excluding hydrogens is 347 g/mol. The maximum atomic E-state index is 13.7. The third-order valence-corrected chi connectivity index (χ3v) is 3.71. The summed E-state index contributed by atoms with van der Waals surface area (Å²) in [5.74, 6) is 0.0831. The molecule has 20 heavy (non-hydrogen) atoms. The molecule has 0 bridgehead atoms. The van der Waals surface area contributed by atoms with Crippen LogP contribution in [0.5, 0.6) is 5.75 Å². The summed E-state index contributed by atoms with van der Waals surface area (Å²) in [5.41, 5.74) is 0.936. The Kier molecular flexibility index (Phi) is 5.02. The average molecular weight is 360 g/mol. The summed E-state index contributed by atoms with van der Waals surface area (Å²) < 4.78 is 20.1. The highest BCUT2D eigenvalue weighted by atomic mass is 79.9. The van der Waals surface area contributed by atoms with Crippen molar-refractivity contribution in [1.29, 1.82) is 0 Å². The monoisotopic (exact) mass is 358 g/mol. The van der Waals surface area contributed by atoms with Gasteiger partial charge >= 0.3 is 0 Å². The van der Waals surface area contributed by atoms with Gasteiger partial charge in [-0.1, -0.05) is 39.7 Å². The highest BCUT2D eigenvalue weighted by molar-refractivity contribution is 9.10. The summed E-state index contributed by atoms with van der Waals surface area (Å²) in [4.78, 5) is 0. The number of aliphatic hydroxyl groups is 1. The highest BCUT2D eigenvalue weighted by Gasteiger charge is 2.12. The minimum Gasteiger partial charge on any atom is -0.488 e. The van der Waals surface area contributed by atoms with Crippen LogP contribution in [-0.4, -0.2) is 5.11 Å². The largest absolute Gasteiger partial charge is 0.488 e. The van der Waals surface area contributed by atoms with Gasteiger partial charge in [-0.05, 0) is 31.2 Å². The van der Waals surface area contributed by atoms with Crippen molar-refractivity contribution < 1.29 is 14.2 Å². The molecular formula is C15H13BrClFO2. The van der Waals surface area contributed by atoms with Gasteiger partial charge in [-0.2, -0.15) is 0 Å². The predicted octanol–water partition coefficient (Wildman–Crippen LogP) is 4.87. The van der Waals surface area contributed by atoms with E-state index in [4.69, 9.17) is 16.3 Å². The van der Waals surface area contributed by atoms with Crippen LogP contribution in [0.15, 0.2) is 40.9 Å². The second kappa shape index (κ2) is 6.57. The SMILES string of the molecule is C[C@H](O)c1ccc(Br)cc1OCc1c(F)cccc1Cl. The molecule has 0 fully saturated rings. The van der Waals surface area contributed by atoms with Crippen molar-refractivity contribution in [2.75, 3.05) is 0 Å². The van der Waals surface area contributed by atoms with E-state index in [0.29, 0.717) is 21.9 Å². The molecule has 0 aliphatic heterocycles. The fourth-order valence-electron chi connectivity index (χ4n) is 1.80. The first-order valence-corrected chi connectivity index (χ1v) is 7.19. The third kappa shape index (κ3) is 3.51. The van der Waals surface area contributed by atoms with Gasteiger partial charge in [-0.15, -0.1) is 0 Å². The fourth-order valence-corrected chi connectivity index (χ4v) is 2.36. The maximum Gasteiger partial charge on any atom is 0.131 e. The number of hydrogen-bond acceptors (Lipinski definition) is 2. The molecule has 1 atom stereocenters. The van der Waals surface area contributed by atoms with Gasteiger partial charge in [0, 0.05) is 15.6 Å². The average Bonchev–Trinajstić information content (AvgIpc) is 2.37. The molecule has 0 spiro atoms. The van der Waals surface area contributed by atoms with E-state index in [2.05, 4.69) is 15.9 Å². The first-order chi connectivity index (χ1) is 9.49. The van der Waals surface area contributed by atoms with E-state index in [1.165, 1.54) is 6.07 Å². The van der Waals surface area contributed by atoms with Crippen molar-refractivity contribution in [1.82, 2.24) is 0 Å². The van der Waals surface area contributed by atoms with Gasteiger partial charge in [0.05, 0.1) is 11.1 Å². The molecule has 5 heteroatoms. The minimum absolute atomic E-state index is 0.00167. The molecule has 2 aromatic rings. The van der Waals surface area contributed by atoms with E-state index in [9.17, 15) is 9.50 Å². The van der Waals surface area contributed by atoms with Gasteiger partial charge < -0.3 is 9.84 Å².